The molecule has 3 fully saturated rings. The predicted octanol–water partition coefficient (Wildman–Crippen LogP) is 3.49. The van der Waals surface area contributed by atoms with Crippen molar-refractivity contribution in [2.75, 3.05) is 20.2 Å². The number of rotatable bonds is 4. The van der Waals surface area contributed by atoms with E-state index in [0.29, 0.717) is 0 Å². The van der Waals surface area contributed by atoms with Crippen molar-refractivity contribution >= 4 is 16.9 Å². The number of hydrogen-bond donors (Lipinski definition) is 2. The third-order valence-electron chi connectivity index (χ3n) is 6.13. The number of aliphatic hydroxyl groups excluding tert-OH is 1. The van der Waals surface area contributed by atoms with Crippen LogP contribution < -0.4 is 4.74 Å². The molecule has 3 saturated heterocycles. The molecule has 6 heteroatoms. The molecule has 0 amide bonds. The van der Waals surface area contributed by atoms with Crippen molar-refractivity contribution < 1.29 is 19.7 Å². The number of nitrogens with zero attached hydrogens (tertiary/aromatic N) is 2. The fourth-order valence-corrected chi connectivity index (χ4v) is 4.71. The van der Waals surface area contributed by atoms with Gasteiger partial charge in [0, 0.05) is 31.1 Å². The van der Waals surface area contributed by atoms with E-state index in [1.54, 1.807) is 13.3 Å². The van der Waals surface area contributed by atoms with E-state index in [1.807, 2.05) is 24.3 Å². The first-order chi connectivity index (χ1) is 13.4. The largest absolute Gasteiger partial charge is 0.497 e. The van der Waals surface area contributed by atoms with Gasteiger partial charge in [0.25, 0.3) is 5.97 Å². The normalized spacial score (nSPS) is 27.0. The van der Waals surface area contributed by atoms with Crippen LogP contribution in [0.1, 0.15) is 44.8 Å². The molecule has 0 radical (unpaired) electrons. The topological polar surface area (TPSA) is 82.9 Å². The maximum atomic E-state index is 11.2. The first kappa shape index (κ1) is 20.6. The number of carboxylic acid groups (broad SMARTS) is 1. The summed E-state index contributed by atoms with van der Waals surface area (Å²) < 4.78 is 5.36. The van der Waals surface area contributed by atoms with E-state index < -0.39 is 12.1 Å². The zero-order valence-electron chi connectivity index (χ0n) is 16.8. The SMILES string of the molecule is CC(=O)O.CC[C@H]1CN2CC[C@H]1C[C@@H]2[C@@H](O)c1ccnc2ccc(OC)cc12. The van der Waals surface area contributed by atoms with Crippen LogP contribution in [0.5, 0.6) is 5.75 Å². The van der Waals surface area contributed by atoms with Crippen LogP contribution in [0.15, 0.2) is 30.5 Å². The monoisotopic (exact) mass is 386 g/mol. The number of benzene rings is 1. The molecule has 152 valence electrons. The van der Waals surface area contributed by atoms with Crippen LogP contribution in [-0.4, -0.2) is 52.3 Å². The van der Waals surface area contributed by atoms with E-state index in [0.717, 1.165) is 60.5 Å². The van der Waals surface area contributed by atoms with Crippen molar-refractivity contribution in [1.29, 1.82) is 0 Å². The number of carboxylic acids is 1. The Morgan fingerprint density at radius 3 is 2.75 bits per heavy atom. The summed E-state index contributed by atoms with van der Waals surface area (Å²) in [6.07, 6.45) is 4.97. The predicted molar refractivity (Wildman–Crippen MR) is 108 cm³/mol. The van der Waals surface area contributed by atoms with Gasteiger partial charge in [-0.15, -0.1) is 0 Å². The van der Waals surface area contributed by atoms with Gasteiger partial charge < -0.3 is 14.9 Å². The summed E-state index contributed by atoms with van der Waals surface area (Å²) in [4.78, 5) is 15.9. The minimum absolute atomic E-state index is 0.225. The zero-order valence-corrected chi connectivity index (χ0v) is 16.8. The molecule has 1 aromatic carbocycles. The number of fused-ring (bicyclic) bond motifs is 4. The Morgan fingerprint density at radius 2 is 2.14 bits per heavy atom. The number of aromatic nitrogens is 1. The number of piperidine rings is 3. The molecule has 1 aromatic heterocycles. The van der Waals surface area contributed by atoms with Crippen molar-refractivity contribution in [1.82, 2.24) is 9.88 Å². The van der Waals surface area contributed by atoms with Gasteiger partial charge >= 0.3 is 0 Å². The number of carbonyl (C=O) groups is 1. The molecule has 2 aromatic rings. The van der Waals surface area contributed by atoms with Gasteiger partial charge in [0.1, 0.15) is 5.75 Å². The Balaban J connectivity index is 0.000000516. The van der Waals surface area contributed by atoms with Gasteiger partial charge in [-0.3, -0.25) is 14.7 Å². The summed E-state index contributed by atoms with van der Waals surface area (Å²) in [5, 5.41) is 19.6. The molecule has 4 heterocycles. The molecule has 6 nitrogen and oxygen atoms in total. The number of methoxy groups -OCH3 is 1. The maximum absolute atomic E-state index is 11.2. The highest BCUT2D eigenvalue weighted by atomic mass is 16.5. The average molecular weight is 386 g/mol. The minimum Gasteiger partial charge on any atom is -0.497 e. The molecule has 3 aliphatic rings. The van der Waals surface area contributed by atoms with Gasteiger partial charge in [-0.1, -0.05) is 13.3 Å². The summed E-state index contributed by atoms with van der Waals surface area (Å²) in [5.74, 6) is 1.54. The Bertz CT molecular complexity index is 821. The Kier molecular flexibility index (Phi) is 6.52. The quantitative estimate of drug-likeness (QED) is 0.837. The van der Waals surface area contributed by atoms with Crippen molar-refractivity contribution in [3.8, 4) is 5.75 Å². The molecule has 0 saturated carbocycles. The second kappa shape index (κ2) is 8.88. The summed E-state index contributed by atoms with van der Waals surface area (Å²) in [6.45, 7) is 5.63. The Labute approximate surface area is 166 Å². The van der Waals surface area contributed by atoms with Crippen LogP contribution in [0.2, 0.25) is 0 Å². The van der Waals surface area contributed by atoms with Crippen LogP contribution in [-0.2, 0) is 4.79 Å². The molecule has 1 unspecified atom stereocenters. The fraction of sp³-hybridized carbons (Fsp3) is 0.545. The summed E-state index contributed by atoms with van der Waals surface area (Å²) in [5.41, 5.74) is 1.89. The third-order valence-corrected chi connectivity index (χ3v) is 6.13. The molecule has 2 bridgehead atoms. The van der Waals surface area contributed by atoms with Gasteiger partial charge in [-0.05, 0) is 61.1 Å². The minimum atomic E-state index is -0.833. The van der Waals surface area contributed by atoms with Crippen molar-refractivity contribution in [2.24, 2.45) is 11.8 Å². The molecule has 0 aliphatic carbocycles. The van der Waals surface area contributed by atoms with Crippen molar-refractivity contribution in [2.45, 2.75) is 45.3 Å². The number of aliphatic carboxylic acids is 1. The second-order valence-electron chi connectivity index (χ2n) is 7.76. The Morgan fingerprint density at radius 1 is 1.39 bits per heavy atom. The Hall–Kier alpha value is -2.18. The van der Waals surface area contributed by atoms with E-state index in [2.05, 4.69) is 16.8 Å². The molecular weight excluding hydrogens is 356 g/mol. The van der Waals surface area contributed by atoms with E-state index in [1.165, 1.54) is 12.8 Å². The van der Waals surface area contributed by atoms with E-state index >= 15 is 0 Å². The lowest BCUT2D eigenvalue weighted by Crippen LogP contribution is -2.55. The molecule has 2 N–H and O–H groups in total. The first-order valence-electron chi connectivity index (χ1n) is 9.98. The highest BCUT2D eigenvalue weighted by Gasteiger charge is 2.42. The molecule has 28 heavy (non-hydrogen) atoms. The standard InChI is InChI=1S/C20H26N2O2.C2H4O2/c1-3-13-12-22-9-7-14(13)10-19(22)20(23)16-6-8-21-18-5-4-15(24-2)11-17(16)18;1-2(3)4/h4-6,8,11,13-14,19-20,23H,3,7,9-10,12H2,1-2H3;1H3,(H,3,4)/t13-,14-,19+,20-;/m0./s1. The number of hydrogen-bond acceptors (Lipinski definition) is 5. The fourth-order valence-electron chi connectivity index (χ4n) is 4.71. The summed E-state index contributed by atoms with van der Waals surface area (Å²) in [7, 11) is 1.67. The van der Waals surface area contributed by atoms with Crippen LogP contribution in [0.25, 0.3) is 10.9 Å². The number of pyridine rings is 1. The van der Waals surface area contributed by atoms with Gasteiger partial charge in [0.05, 0.1) is 18.7 Å². The maximum Gasteiger partial charge on any atom is 0.300 e. The third kappa shape index (κ3) is 4.28. The molecule has 0 spiro atoms. The lowest BCUT2D eigenvalue weighted by atomic mass is 9.72. The van der Waals surface area contributed by atoms with Crippen LogP contribution in [0, 0.1) is 11.8 Å². The van der Waals surface area contributed by atoms with Crippen molar-refractivity contribution in [3.05, 3.63) is 36.0 Å². The van der Waals surface area contributed by atoms with Crippen LogP contribution >= 0.6 is 0 Å². The van der Waals surface area contributed by atoms with Crippen LogP contribution in [0.4, 0.5) is 0 Å². The smallest absolute Gasteiger partial charge is 0.300 e. The molecule has 3 aliphatic heterocycles. The first-order valence-corrected chi connectivity index (χ1v) is 9.98. The van der Waals surface area contributed by atoms with E-state index in [9.17, 15) is 5.11 Å². The number of aliphatic hydroxyl groups is 1. The second-order valence-corrected chi connectivity index (χ2v) is 7.76. The lowest BCUT2D eigenvalue weighted by molar-refractivity contribution is -0.134. The summed E-state index contributed by atoms with van der Waals surface area (Å²) in [6, 6.07) is 8.07. The van der Waals surface area contributed by atoms with Crippen LogP contribution in [0.3, 0.4) is 0 Å². The van der Waals surface area contributed by atoms with Gasteiger partial charge in [0.15, 0.2) is 0 Å². The lowest BCUT2D eigenvalue weighted by Gasteiger charge is -2.51. The summed E-state index contributed by atoms with van der Waals surface area (Å²) >= 11 is 0. The molecule has 5 rings (SSSR count). The zero-order chi connectivity index (χ0) is 20.3. The van der Waals surface area contributed by atoms with Gasteiger partial charge in [-0.2, -0.15) is 0 Å². The van der Waals surface area contributed by atoms with Crippen molar-refractivity contribution in [3.63, 3.8) is 0 Å². The average Bonchev–Trinajstić information content (AvgIpc) is 2.72. The van der Waals surface area contributed by atoms with E-state index in [4.69, 9.17) is 14.6 Å². The highest BCUT2D eigenvalue weighted by molar-refractivity contribution is 5.83. The van der Waals surface area contributed by atoms with Gasteiger partial charge in [-0.25, -0.2) is 0 Å². The van der Waals surface area contributed by atoms with Gasteiger partial charge in [0.2, 0.25) is 0 Å². The number of ether oxygens (including phenoxy) is 1. The molecular formula is C22H30N2O4. The van der Waals surface area contributed by atoms with E-state index in [-0.39, 0.29) is 6.04 Å². The highest BCUT2D eigenvalue weighted by Crippen LogP contribution is 2.42. The molecule has 5 atom stereocenters.